The molecule has 0 radical (unpaired) electrons. The SMILES string of the molecule is CC1CCC(c2ccccc2)=c2c1ccc1c2=CCc2ccccc2-1.c1cc[nH]c1.c1ccncc1. The van der Waals surface area contributed by atoms with E-state index < -0.39 is 0 Å². The zero-order chi connectivity index (χ0) is 24.6. The lowest BCUT2D eigenvalue weighted by Crippen LogP contribution is -2.37. The standard InChI is InChI=1S/C25H22.C5H5N.C4H5N/c1-17-11-13-22(18-7-3-2-4-8-18)25-20(17)15-16-23-21-10-6-5-9-19(21)12-14-24(23)25;1-2-4-6-5-3-1;1-2-4-5-3-1/h2-10,14-17H,11-13H2,1H3;1-5H;1-5H. The number of nitrogens with one attached hydrogen (secondary N) is 1. The predicted molar refractivity (Wildman–Crippen MR) is 151 cm³/mol. The minimum atomic E-state index is 0.637. The molecule has 2 aromatic heterocycles. The van der Waals surface area contributed by atoms with Crippen molar-refractivity contribution < 1.29 is 0 Å². The number of hydrogen-bond acceptors (Lipinski definition) is 1. The minimum Gasteiger partial charge on any atom is -0.368 e. The number of hydrogen-bond donors (Lipinski definition) is 1. The maximum atomic E-state index is 3.78. The van der Waals surface area contributed by atoms with Crippen molar-refractivity contribution in [3.8, 4) is 11.1 Å². The largest absolute Gasteiger partial charge is 0.368 e. The normalized spacial score (nSPS) is 14.9. The molecule has 0 saturated heterocycles. The summed E-state index contributed by atoms with van der Waals surface area (Å²) >= 11 is 0. The van der Waals surface area contributed by atoms with Gasteiger partial charge < -0.3 is 4.98 Å². The predicted octanol–water partition coefficient (Wildman–Crippen LogP) is 6.88. The van der Waals surface area contributed by atoms with E-state index in [0.717, 1.165) is 6.42 Å². The molecule has 0 bridgehead atoms. The van der Waals surface area contributed by atoms with Gasteiger partial charge in [-0.1, -0.05) is 85.8 Å². The number of aromatic nitrogens is 2. The van der Waals surface area contributed by atoms with E-state index in [1.165, 1.54) is 56.7 Å². The van der Waals surface area contributed by atoms with Crippen LogP contribution in [0.4, 0.5) is 0 Å². The molecule has 1 N–H and O–H groups in total. The van der Waals surface area contributed by atoms with Crippen molar-refractivity contribution in [2.24, 2.45) is 0 Å². The van der Waals surface area contributed by atoms with Gasteiger partial charge in [0.05, 0.1) is 0 Å². The summed E-state index contributed by atoms with van der Waals surface area (Å²) in [5.41, 5.74) is 8.70. The highest BCUT2D eigenvalue weighted by Crippen LogP contribution is 2.31. The summed E-state index contributed by atoms with van der Waals surface area (Å²) in [5, 5.41) is 2.97. The van der Waals surface area contributed by atoms with E-state index >= 15 is 0 Å². The molecule has 2 nitrogen and oxygen atoms in total. The van der Waals surface area contributed by atoms with Crippen LogP contribution < -0.4 is 10.4 Å². The van der Waals surface area contributed by atoms with Crippen LogP contribution in [-0.4, -0.2) is 9.97 Å². The Morgan fingerprint density at radius 2 is 1.44 bits per heavy atom. The van der Waals surface area contributed by atoms with Gasteiger partial charge in [0.2, 0.25) is 0 Å². The van der Waals surface area contributed by atoms with Crippen LogP contribution in [0.1, 0.15) is 42.4 Å². The van der Waals surface area contributed by atoms with Crippen LogP contribution in [0.5, 0.6) is 0 Å². The van der Waals surface area contributed by atoms with E-state index in [4.69, 9.17) is 0 Å². The lowest BCUT2D eigenvalue weighted by atomic mass is 9.79. The molecule has 2 heterocycles. The van der Waals surface area contributed by atoms with Gasteiger partial charge in [0.25, 0.3) is 0 Å². The van der Waals surface area contributed by atoms with Crippen LogP contribution >= 0.6 is 0 Å². The van der Waals surface area contributed by atoms with Gasteiger partial charge >= 0.3 is 0 Å². The first kappa shape index (κ1) is 23.6. The van der Waals surface area contributed by atoms with Gasteiger partial charge in [-0.15, -0.1) is 0 Å². The van der Waals surface area contributed by atoms with Crippen LogP contribution in [0.25, 0.3) is 22.8 Å². The lowest BCUT2D eigenvalue weighted by molar-refractivity contribution is 0.673. The second-order valence-corrected chi connectivity index (χ2v) is 9.25. The van der Waals surface area contributed by atoms with E-state index in [1.54, 1.807) is 12.4 Å². The highest BCUT2D eigenvalue weighted by atomic mass is 14.6. The number of benzene rings is 3. The van der Waals surface area contributed by atoms with Crippen molar-refractivity contribution in [2.75, 3.05) is 0 Å². The molecule has 5 aromatic rings. The Kier molecular flexibility index (Phi) is 7.53. The van der Waals surface area contributed by atoms with Gasteiger partial charge in [0, 0.05) is 24.8 Å². The van der Waals surface area contributed by atoms with Crippen molar-refractivity contribution in [3.05, 3.63) is 149 Å². The Hall–Kier alpha value is -4.17. The molecule has 2 heteroatoms. The van der Waals surface area contributed by atoms with Crippen molar-refractivity contribution in [1.82, 2.24) is 9.97 Å². The maximum absolute atomic E-state index is 3.78. The van der Waals surface area contributed by atoms with Gasteiger partial charge in [-0.05, 0) is 93.3 Å². The molecule has 7 rings (SSSR count). The van der Waals surface area contributed by atoms with Crippen molar-refractivity contribution >= 4 is 11.6 Å². The molecule has 178 valence electrons. The highest BCUT2D eigenvalue weighted by Gasteiger charge is 2.21. The zero-order valence-electron chi connectivity index (χ0n) is 20.8. The average molecular weight is 469 g/mol. The number of nitrogens with zero attached hydrogens (tertiary/aromatic N) is 1. The monoisotopic (exact) mass is 468 g/mol. The third kappa shape index (κ3) is 5.23. The molecule has 0 saturated carbocycles. The molecule has 2 aliphatic carbocycles. The summed E-state index contributed by atoms with van der Waals surface area (Å²) in [6.45, 7) is 2.38. The first-order valence-corrected chi connectivity index (χ1v) is 12.8. The Morgan fingerprint density at radius 1 is 0.722 bits per heavy atom. The Bertz CT molecular complexity index is 1460. The molecule has 2 aliphatic rings. The molecular weight excluding hydrogens is 436 g/mol. The molecule has 3 aromatic carbocycles. The molecule has 0 spiro atoms. The first-order chi connectivity index (χ1) is 17.8. The summed E-state index contributed by atoms with van der Waals surface area (Å²) in [6.07, 6.45) is 13.2. The molecule has 1 unspecified atom stereocenters. The number of pyridine rings is 1. The molecule has 36 heavy (non-hydrogen) atoms. The van der Waals surface area contributed by atoms with Crippen LogP contribution in [-0.2, 0) is 6.42 Å². The summed E-state index contributed by atoms with van der Waals surface area (Å²) in [5.74, 6) is 0.637. The van der Waals surface area contributed by atoms with E-state index in [9.17, 15) is 0 Å². The van der Waals surface area contributed by atoms with Crippen molar-refractivity contribution in [1.29, 1.82) is 0 Å². The highest BCUT2D eigenvalue weighted by molar-refractivity contribution is 5.77. The fourth-order valence-electron chi connectivity index (χ4n) is 5.16. The van der Waals surface area contributed by atoms with Crippen LogP contribution in [0.2, 0.25) is 0 Å². The van der Waals surface area contributed by atoms with Crippen molar-refractivity contribution in [3.63, 3.8) is 0 Å². The van der Waals surface area contributed by atoms with Crippen LogP contribution in [0, 0.1) is 0 Å². The Balaban J connectivity index is 0.000000200. The summed E-state index contributed by atoms with van der Waals surface area (Å²) in [6, 6.07) is 34.2. The van der Waals surface area contributed by atoms with E-state index in [1.807, 2.05) is 42.7 Å². The number of rotatable bonds is 1. The van der Waals surface area contributed by atoms with Crippen LogP contribution in [0.3, 0.4) is 0 Å². The summed E-state index contributed by atoms with van der Waals surface area (Å²) < 4.78 is 0. The number of aromatic amines is 1. The Morgan fingerprint density at radius 3 is 2.11 bits per heavy atom. The molecule has 0 aliphatic heterocycles. The quantitative estimate of drug-likeness (QED) is 0.285. The van der Waals surface area contributed by atoms with Gasteiger partial charge in [-0.25, -0.2) is 0 Å². The maximum Gasteiger partial charge on any atom is 0.0267 e. The summed E-state index contributed by atoms with van der Waals surface area (Å²) in [7, 11) is 0. The van der Waals surface area contributed by atoms with Crippen LogP contribution in [0.15, 0.2) is 122 Å². The third-order valence-electron chi connectivity index (χ3n) is 6.96. The minimum absolute atomic E-state index is 0.637. The third-order valence-corrected chi connectivity index (χ3v) is 6.96. The number of fused-ring (bicyclic) bond motifs is 5. The Labute approximate surface area is 213 Å². The molecule has 0 amide bonds. The molecule has 1 atom stereocenters. The van der Waals surface area contributed by atoms with E-state index in [-0.39, 0.29) is 0 Å². The average Bonchev–Trinajstić information content (AvgIpc) is 3.55. The topological polar surface area (TPSA) is 28.7 Å². The zero-order valence-corrected chi connectivity index (χ0v) is 20.8. The number of H-pyrrole nitrogens is 1. The smallest absolute Gasteiger partial charge is 0.0267 e. The summed E-state index contributed by atoms with van der Waals surface area (Å²) in [4.78, 5) is 6.65. The first-order valence-electron chi connectivity index (χ1n) is 12.8. The fraction of sp³-hybridized carbons (Fsp3) is 0.147. The van der Waals surface area contributed by atoms with E-state index in [0.29, 0.717) is 5.92 Å². The second kappa shape index (κ2) is 11.5. The fourth-order valence-corrected chi connectivity index (χ4v) is 5.16. The second-order valence-electron chi connectivity index (χ2n) is 9.25. The van der Waals surface area contributed by atoms with E-state index in [2.05, 4.69) is 89.7 Å². The molecule has 0 fully saturated rings. The van der Waals surface area contributed by atoms with Crippen molar-refractivity contribution in [2.45, 2.75) is 32.1 Å². The van der Waals surface area contributed by atoms with Gasteiger partial charge in [0.15, 0.2) is 0 Å². The van der Waals surface area contributed by atoms with Gasteiger partial charge in [0.1, 0.15) is 0 Å². The lowest BCUT2D eigenvalue weighted by Gasteiger charge is -2.25. The molecular formula is C34H32N2. The van der Waals surface area contributed by atoms with Gasteiger partial charge in [-0.2, -0.15) is 0 Å². The van der Waals surface area contributed by atoms with Gasteiger partial charge in [-0.3, -0.25) is 4.98 Å².